The molecule has 0 amide bonds. The Bertz CT molecular complexity index is 129. The molecular formula is C16H36. The van der Waals surface area contributed by atoms with E-state index in [1.54, 1.807) is 0 Å². The van der Waals surface area contributed by atoms with Crippen LogP contribution in [0.15, 0.2) is 11.6 Å². The van der Waals surface area contributed by atoms with Gasteiger partial charge in [-0.25, -0.2) is 0 Å². The Labute approximate surface area is 106 Å². The van der Waals surface area contributed by atoms with Crippen LogP contribution >= 0.6 is 0 Å². The second-order valence-electron chi connectivity index (χ2n) is 4.73. The minimum Gasteiger partial charge on any atom is -0.0862 e. The topological polar surface area (TPSA) is 0 Å². The van der Waals surface area contributed by atoms with Crippen molar-refractivity contribution in [1.29, 1.82) is 0 Å². The summed E-state index contributed by atoms with van der Waals surface area (Å²) in [6.07, 6.45) is 10.4. The van der Waals surface area contributed by atoms with Gasteiger partial charge in [0.2, 0.25) is 0 Å². The highest BCUT2D eigenvalue weighted by Gasteiger charge is 1.97. The van der Waals surface area contributed by atoms with Crippen LogP contribution in [0.2, 0.25) is 0 Å². The first-order valence-corrected chi connectivity index (χ1v) is 6.71. The molecule has 100 valence electrons. The lowest BCUT2D eigenvalue weighted by Gasteiger charge is -2.07. The zero-order valence-electron chi connectivity index (χ0n) is 11.9. The minimum absolute atomic E-state index is 0. The van der Waals surface area contributed by atoms with E-state index < -0.39 is 0 Å². The predicted molar refractivity (Wildman–Crippen MR) is 80.1 cm³/mol. The van der Waals surface area contributed by atoms with Crippen LogP contribution in [0.1, 0.15) is 87.5 Å². The summed E-state index contributed by atoms with van der Waals surface area (Å²) in [4.78, 5) is 0. The molecule has 0 nitrogen and oxygen atoms in total. The lowest BCUT2D eigenvalue weighted by atomic mass is 10.00. The van der Waals surface area contributed by atoms with E-state index in [-0.39, 0.29) is 7.43 Å². The lowest BCUT2D eigenvalue weighted by Crippen LogP contribution is -1.92. The van der Waals surface area contributed by atoms with Crippen LogP contribution in [0, 0.1) is 5.92 Å². The van der Waals surface area contributed by atoms with Crippen molar-refractivity contribution in [2.75, 3.05) is 0 Å². The molecule has 0 saturated carbocycles. The van der Waals surface area contributed by atoms with Gasteiger partial charge in [0.05, 0.1) is 0 Å². The quantitative estimate of drug-likeness (QED) is 0.449. The van der Waals surface area contributed by atoms with Gasteiger partial charge < -0.3 is 0 Å². The van der Waals surface area contributed by atoms with Gasteiger partial charge in [-0.2, -0.15) is 0 Å². The Balaban J connectivity index is -0.000000214. The summed E-state index contributed by atoms with van der Waals surface area (Å²) in [5, 5.41) is 0. The van der Waals surface area contributed by atoms with Crippen molar-refractivity contribution in [2.24, 2.45) is 5.92 Å². The molecular weight excluding hydrogens is 192 g/mol. The number of hydrogen-bond donors (Lipinski definition) is 0. The average Bonchev–Trinajstić information content (AvgIpc) is 2.16. The standard InChI is InChI=1S/C9H20.C6H12.CH4/c1-4-6-8-9(3)7-5-2;1-4-5-6(2)3;/h9H,4-8H2,1-3H3;5H,4H2,1-3H3;1H4. The van der Waals surface area contributed by atoms with Crippen molar-refractivity contribution >= 4 is 0 Å². The Kier molecular flexibility index (Phi) is 22.6. The molecule has 0 aliphatic heterocycles. The van der Waals surface area contributed by atoms with Crippen molar-refractivity contribution in [1.82, 2.24) is 0 Å². The van der Waals surface area contributed by atoms with Crippen LogP contribution < -0.4 is 0 Å². The summed E-state index contributed by atoms with van der Waals surface area (Å²) in [7, 11) is 0. The van der Waals surface area contributed by atoms with Gasteiger partial charge in [-0.3, -0.25) is 0 Å². The molecule has 0 spiro atoms. The van der Waals surface area contributed by atoms with Crippen LogP contribution in [0.3, 0.4) is 0 Å². The molecule has 1 unspecified atom stereocenters. The van der Waals surface area contributed by atoms with Gasteiger partial charge in [0.15, 0.2) is 0 Å². The Morgan fingerprint density at radius 3 is 1.81 bits per heavy atom. The molecule has 16 heavy (non-hydrogen) atoms. The summed E-state index contributed by atoms with van der Waals surface area (Å²) in [6.45, 7) is 13.3. The van der Waals surface area contributed by atoms with Gasteiger partial charge >= 0.3 is 0 Å². The van der Waals surface area contributed by atoms with Crippen molar-refractivity contribution in [2.45, 2.75) is 87.5 Å². The first-order valence-electron chi connectivity index (χ1n) is 6.71. The Hall–Kier alpha value is -0.260. The third-order valence-electron chi connectivity index (χ3n) is 2.44. The molecule has 0 bridgehead atoms. The summed E-state index contributed by atoms with van der Waals surface area (Å²) < 4.78 is 0. The number of rotatable bonds is 6. The number of allylic oxidation sites excluding steroid dienone is 2. The third kappa shape index (κ3) is 23.5. The van der Waals surface area contributed by atoms with Gasteiger partial charge in [0.25, 0.3) is 0 Å². The van der Waals surface area contributed by atoms with Crippen LogP contribution in [-0.4, -0.2) is 0 Å². The maximum absolute atomic E-state index is 2.36. The molecule has 0 aromatic carbocycles. The molecule has 0 fully saturated rings. The van der Waals surface area contributed by atoms with E-state index in [9.17, 15) is 0 Å². The summed E-state index contributed by atoms with van der Waals surface area (Å²) in [6, 6.07) is 0. The molecule has 0 heteroatoms. The predicted octanol–water partition coefficient (Wildman–Crippen LogP) is 6.61. The van der Waals surface area contributed by atoms with E-state index in [1.165, 1.54) is 44.1 Å². The fourth-order valence-corrected chi connectivity index (χ4v) is 1.60. The van der Waals surface area contributed by atoms with Gasteiger partial charge in [-0.15, -0.1) is 0 Å². The summed E-state index contributed by atoms with van der Waals surface area (Å²) in [5.41, 5.74) is 1.41. The molecule has 0 aromatic heterocycles. The molecule has 0 radical (unpaired) electrons. The fourth-order valence-electron chi connectivity index (χ4n) is 1.60. The molecule has 0 heterocycles. The van der Waals surface area contributed by atoms with Crippen LogP contribution in [0.5, 0.6) is 0 Å². The highest BCUT2D eigenvalue weighted by molar-refractivity contribution is 4.91. The van der Waals surface area contributed by atoms with E-state index in [1.807, 2.05) is 0 Å². The fraction of sp³-hybridized carbons (Fsp3) is 0.875. The van der Waals surface area contributed by atoms with E-state index in [0.29, 0.717) is 0 Å². The molecule has 0 rings (SSSR count). The zero-order chi connectivity index (χ0) is 12.1. The first kappa shape index (κ1) is 21.1. The van der Waals surface area contributed by atoms with Crippen LogP contribution in [0.25, 0.3) is 0 Å². The molecule has 1 atom stereocenters. The van der Waals surface area contributed by atoms with Crippen LogP contribution in [0.4, 0.5) is 0 Å². The third-order valence-corrected chi connectivity index (χ3v) is 2.44. The van der Waals surface area contributed by atoms with Crippen molar-refractivity contribution in [3.8, 4) is 0 Å². The Morgan fingerprint density at radius 1 is 1.00 bits per heavy atom. The second-order valence-corrected chi connectivity index (χ2v) is 4.73. The van der Waals surface area contributed by atoms with E-state index in [4.69, 9.17) is 0 Å². The Morgan fingerprint density at radius 2 is 1.56 bits per heavy atom. The van der Waals surface area contributed by atoms with Crippen molar-refractivity contribution in [3.63, 3.8) is 0 Å². The zero-order valence-corrected chi connectivity index (χ0v) is 11.9. The van der Waals surface area contributed by atoms with E-state index in [0.717, 1.165) is 5.92 Å². The molecule has 0 aromatic rings. The highest BCUT2D eigenvalue weighted by Crippen LogP contribution is 2.12. The van der Waals surface area contributed by atoms with Crippen molar-refractivity contribution < 1.29 is 0 Å². The monoisotopic (exact) mass is 228 g/mol. The highest BCUT2D eigenvalue weighted by atomic mass is 14.0. The minimum atomic E-state index is 0. The normalized spacial score (nSPS) is 10.6. The van der Waals surface area contributed by atoms with Gasteiger partial charge in [0.1, 0.15) is 0 Å². The van der Waals surface area contributed by atoms with Gasteiger partial charge in [-0.05, 0) is 26.2 Å². The molecule has 0 N–H and O–H groups in total. The van der Waals surface area contributed by atoms with Crippen molar-refractivity contribution in [3.05, 3.63) is 11.6 Å². The second kappa shape index (κ2) is 17.1. The lowest BCUT2D eigenvalue weighted by molar-refractivity contribution is 0.466. The number of unbranched alkanes of at least 4 members (excludes halogenated alkanes) is 1. The maximum Gasteiger partial charge on any atom is -0.0377 e. The smallest absolute Gasteiger partial charge is 0.0377 e. The molecule has 0 saturated heterocycles. The largest absolute Gasteiger partial charge is 0.0862 e. The van der Waals surface area contributed by atoms with E-state index in [2.05, 4.69) is 47.6 Å². The summed E-state index contributed by atoms with van der Waals surface area (Å²) in [5.74, 6) is 0.968. The SMILES string of the molecule is C.CCC=C(C)C.CCCCC(C)CCC. The van der Waals surface area contributed by atoms with E-state index >= 15 is 0 Å². The molecule has 0 aliphatic rings. The maximum atomic E-state index is 2.36. The van der Waals surface area contributed by atoms with Gasteiger partial charge in [0, 0.05) is 0 Å². The molecule has 0 aliphatic carbocycles. The van der Waals surface area contributed by atoms with Gasteiger partial charge in [-0.1, -0.05) is 78.9 Å². The number of hydrogen-bond acceptors (Lipinski definition) is 0. The summed E-state index contributed by atoms with van der Waals surface area (Å²) >= 11 is 0. The average molecular weight is 228 g/mol. The first-order chi connectivity index (χ1) is 7.08. The van der Waals surface area contributed by atoms with Crippen LogP contribution in [-0.2, 0) is 0 Å².